The molecule has 0 aromatic heterocycles. The van der Waals surface area contributed by atoms with E-state index in [0.29, 0.717) is 5.56 Å². The third-order valence-corrected chi connectivity index (χ3v) is 7.96. The summed E-state index contributed by atoms with van der Waals surface area (Å²) in [5.41, 5.74) is 1.35. The molecular weight excluding hydrogens is 493 g/mol. The number of hydrogen-bond acceptors (Lipinski definition) is 4. The van der Waals surface area contributed by atoms with Gasteiger partial charge in [-0.05, 0) is 22.8 Å². The molecule has 3 atom stereocenters. The summed E-state index contributed by atoms with van der Waals surface area (Å²) < 4.78 is 28.6. The molecule has 0 N–H and O–H groups in total. The molecule has 0 saturated carbocycles. The van der Waals surface area contributed by atoms with Crippen LogP contribution in [0.2, 0.25) is 0 Å². The predicted molar refractivity (Wildman–Crippen MR) is 145 cm³/mol. The van der Waals surface area contributed by atoms with Crippen molar-refractivity contribution in [1.82, 2.24) is 5.06 Å². The Morgan fingerprint density at radius 1 is 0.872 bits per heavy atom. The van der Waals surface area contributed by atoms with Crippen molar-refractivity contribution >= 4 is 5.91 Å². The highest BCUT2D eigenvalue weighted by Crippen LogP contribution is 2.50. The second-order valence-corrected chi connectivity index (χ2v) is 10.1. The number of rotatable bonds is 7. The summed E-state index contributed by atoms with van der Waals surface area (Å²) in [5.74, 6) is -1.01. The maximum absolute atomic E-state index is 15.2. The lowest BCUT2D eigenvalue weighted by atomic mass is 9.78. The van der Waals surface area contributed by atoms with E-state index in [-0.39, 0.29) is 31.6 Å². The maximum Gasteiger partial charge on any atom is 0.243 e. The number of fused-ring (bicyclic) bond motifs is 1. The van der Waals surface area contributed by atoms with Crippen molar-refractivity contribution in [3.63, 3.8) is 0 Å². The summed E-state index contributed by atoms with van der Waals surface area (Å²) in [6.07, 6.45) is -0.440. The van der Waals surface area contributed by atoms with Gasteiger partial charge in [0.05, 0.1) is 25.9 Å². The van der Waals surface area contributed by atoms with Crippen LogP contribution in [0.3, 0.4) is 0 Å². The molecule has 4 aromatic rings. The standard InChI is InChI=1S/C33H30FNO4/c1-24(36)35-32(28-19-11-12-20-30(28)34)23-37-31(29(32)21-39-35)22-38-33(25-13-5-2-6-14-25,26-15-7-3-8-16-26)27-17-9-4-10-18-27/h2-20,29,31H,21-23H2,1H3/t29-,31-,32-/m1/s1. The van der Waals surface area contributed by atoms with Crippen molar-refractivity contribution in [3.8, 4) is 0 Å². The SMILES string of the molecule is CC(=O)N1OC[C@@H]2[C@@H](COC(c3ccccc3)(c3ccccc3)c3ccccc3)OC[C@@]21c1ccccc1F. The van der Waals surface area contributed by atoms with Crippen LogP contribution in [0.15, 0.2) is 115 Å². The van der Waals surface area contributed by atoms with Crippen molar-refractivity contribution < 1.29 is 23.5 Å². The Hall–Kier alpha value is -3.84. The van der Waals surface area contributed by atoms with Crippen LogP contribution in [0.4, 0.5) is 4.39 Å². The molecule has 6 rings (SSSR count). The molecule has 4 aromatic carbocycles. The second kappa shape index (κ2) is 10.4. The number of amides is 1. The Kier molecular flexibility index (Phi) is 6.77. The topological polar surface area (TPSA) is 48.0 Å². The molecule has 2 saturated heterocycles. The summed E-state index contributed by atoms with van der Waals surface area (Å²) in [4.78, 5) is 18.5. The van der Waals surface area contributed by atoms with Gasteiger partial charge in [0.15, 0.2) is 0 Å². The van der Waals surface area contributed by atoms with Gasteiger partial charge in [-0.15, -0.1) is 0 Å². The van der Waals surface area contributed by atoms with Crippen LogP contribution in [0.5, 0.6) is 0 Å². The number of carbonyl (C=O) groups is 1. The number of carbonyl (C=O) groups excluding carboxylic acids is 1. The van der Waals surface area contributed by atoms with E-state index in [1.807, 2.05) is 54.6 Å². The van der Waals surface area contributed by atoms with Crippen molar-refractivity contribution in [1.29, 1.82) is 0 Å². The average Bonchev–Trinajstić information content (AvgIpc) is 3.54. The van der Waals surface area contributed by atoms with E-state index in [2.05, 4.69) is 36.4 Å². The van der Waals surface area contributed by atoms with Gasteiger partial charge in [-0.1, -0.05) is 109 Å². The fraction of sp³-hybridized carbons (Fsp3) is 0.242. The minimum absolute atomic E-state index is 0.112. The minimum Gasteiger partial charge on any atom is -0.372 e. The number of ether oxygens (including phenoxy) is 2. The van der Waals surface area contributed by atoms with Crippen LogP contribution in [-0.2, 0) is 30.2 Å². The lowest BCUT2D eigenvalue weighted by Crippen LogP contribution is -2.48. The number of benzene rings is 4. The highest BCUT2D eigenvalue weighted by molar-refractivity contribution is 5.74. The van der Waals surface area contributed by atoms with Crippen LogP contribution < -0.4 is 0 Å². The first-order chi connectivity index (χ1) is 19.1. The number of hydroxylamine groups is 2. The minimum atomic E-state index is -1.07. The third kappa shape index (κ3) is 4.16. The number of hydrogen-bond donors (Lipinski definition) is 0. The Labute approximate surface area is 227 Å². The molecule has 1 amide bonds. The van der Waals surface area contributed by atoms with E-state index in [0.717, 1.165) is 16.7 Å². The lowest BCUT2D eigenvalue weighted by molar-refractivity contribution is -0.194. The highest BCUT2D eigenvalue weighted by Gasteiger charge is 2.62. The Morgan fingerprint density at radius 3 is 1.90 bits per heavy atom. The van der Waals surface area contributed by atoms with Crippen LogP contribution in [0.1, 0.15) is 29.2 Å². The Morgan fingerprint density at radius 2 is 1.38 bits per heavy atom. The third-order valence-electron chi connectivity index (χ3n) is 7.96. The van der Waals surface area contributed by atoms with Gasteiger partial charge < -0.3 is 9.47 Å². The fourth-order valence-electron chi connectivity index (χ4n) is 6.20. The van der Waals surface area contributed by atoms with Crippen LogP contribution >= 0.6 is 0 Å². The van der Waals surface area contributed by atoms with E-state index >= 15 is 4.39 Å². The van der Waals surface area contributed by atoms with E-state index in [1.54, 1.807) is 18.2 Å². The summed E-state index contributed by atoms with van der Waals surface area (Å²) in [6.45, 7) is 1.97. The van der Waals surface area contributed by atoms with Crippen molar-refractivity contribution in [3.05, 3.63) is 143 Å². The van der Waals surface area contributed by atoms with Gasteiger partial charge in [-0.3, -0.25) is 9.63 Å². The molecule has 198 valence electrons. The molecule has 39 heavy (non-hydrogen) atoms. The van der Waals surface area contributed by atoms with Crippen molar-refractivity contribution in [2.24, 2.45) is 5.92 Å². The normalized spacial score (nSPS) is 22.6. The molecule has 2 aliphatic heterocycles. The van der Waals surface area contributed by atoms with E-state index < -0.39 is 23.1 Å². The van der Waals surface area contributed by atoms with Gasteiger partial charge in [0.2, 0.25) is 5.91 Å². The van der Waals surface area contributed by atoms with Crippen molar-refractivity contribution in [2.45, 2.75) is 24.2 Å². The highest BCUT2D eigenvalue weighted by atomic mass is 19.1. The largest absolute Gasteiger partial charge is 0.372 e. The average molecular weight is 524 g/mol. The fourth-order valence-corrected chi connectivity index (χ4v) is 6.20. The Balaban J connectivity index is 1.42. The zero-order chi connectivity index (χ0) is 26.9. The monoisotopic (exact) mass is 523 g/mol. The van der Waals surface area contributed by atoms with Gasteiger partial charge in [0, 0.05) is 18.4 Å². The number of nitrogens with zero attached hydrogens (tertiary/aromatic N) is 1. The van der Waals surface area contributed by atoms with Gasteiger partial charge in [-0.25, -0.2) is 9.45 Å². The van der Waals surface area contributed by atoms with Crippen LogP contribution in [0, 0.1) is 11.7 Å². The first-order valence-electron chi connectivity index (χ1n) is 13.2. The first kappa shape index (κ1) is 25.4. The zero-order valence-electron chi connectivity index (χ0n) is 21.7. The molecule has 2 aliphatic rings. The first-order valence-corrected chi connectivity index (χ1v) is 13.2. The van der Waals surface area contributed by atoms with E-state index in [4.69, 9.17) is 14.3 Å². The Bertz CT molecular complexity index is 1340. The lowest BCUT2D eigenvalue weighted by Gasteiger charge is -2.37. The van der Waals surface area contributed by atoms with E-state index in [9.17, 15) is 4.79 Å². The maximum atomic E-state index is 15.2. The molecule has 0 bridgehead atoms. The van der Waals surface area contributed by atoms with Crippen LogP contribution in [0.25, 0.3) is 0 Å². The van der Waals surface area contributed by atoms with Crippen molar-refractivity contribution in [2.75, 3.05) is 19.8 Å². The summed E-state index contributed by atoms with van der Waals surface area (Å²) in [5, 5.41) is 1.30. The summed E-state index contributed by atoms with van der Waals surface area (Å²) >= 11 is 0. The summed E-state index contributed by atoms with van der Waals surface area (Å²) in [7, 11) is 0. The summed E-state index contributed by atoms with van der Waals surface area (Å²) in [6, 6.07) is 36.9. The van der Waals surface area contributed by atoms with E-state index in [1.165, 1.54) is 18.1 Å². The van der Waals surface area contributed by atoms with Gasteiger partial charge in [0.25, 0.3) is 0 Å². The van der Waals surface area contributed by atoms with Gasteiger partial charge >= 0.3 is 0 Å². The number of halogens is 1. The van der Waals surface area contributed by atoms with Gasteiger partial charge in [-0.2, -0.15) is 0 Å². The zero-order valence-corrected chi connectivity index (χ0v) is 21.7. The molecule has 2 heterocycles. The molecule has 5 nitrogen and oxygen atoms in total. The quantitative estimate of drug-likeness (QED) is 0.286. The molecule has 0 radical (unpaired) electrons. The van der Waals surface area contributed by atoms with Gasteiger partial charge in [0.1, 0.15) is 17.0 Å². The molecule has 0 aliphatic carbocycles. The van der Waals surface area contributed by atoms with Crippen LogP contribution in [-0.4, -0.2) is 36.9 Å². The second-order valence-electron chi connectivity index (χ2n) is 10.1. The molecule has 0 unspecified atom stereocenters. The molecule has 2 fully saturated rings. The smallest absolute Gasteiger partial charge is 0.243 e. The molecular formula is C33H30FNO4. The molecule has 0 spiro atoms. The predicted octanol–water partition coefficient (Wildman–Crippen LogP) is 5.84. The molecule has 6 heteroatoms.